The van der Waals surface area contributed by atoms with Crippen LogP contribution >= 0.6 is 11.6 Å². The van der Waals surface area contributed by atoms with Gasteiger partial charge in [0.1, 0.15) is 5.82 Å². The van der Waals surface area contributed by atoms with Gasteiger partial charge in [0, 0.05) is 19.3 Å². The van der Waals surface area contributed by atoms with E-state index in [1.54, 1.807) is 12.3 Å². The van der Waals surface area contributed by atoms with E-state index in [-0.39, 0.29) is 11.9 Å². The highest BCUT2D eigenvalue weighted by Gasteiger charge is 2.18. The number of hydrogen-bond donors (Lipinski definition) is 2. The van der Waals surface area contributed by atoms with Gasteiger partial charge in [-0.25, -0.2) is 4.98 Å². The molecule has 1 unspecified atom stereocenters. The predicted octanol–water partition coefficient (Wildman–Crippen LogP) is 2.47. The van der Waals surface area contributed by atoms with Crippen LogP contribution in [0.1, 0.15) is 36.5 Å². The summed E-state index contributed by atoms with van der Waals surface area (Å²) >= 11 is 6.12. The number of hydrogen-bond acceptors (Lipinski definition) is 4. The summed E-state index contributed by atoms with van der Waals surface area (Å²) in [5.74, 6) is 0.461. The van der Waals surface area contributed by atoms with Gasteiger partial charge in [-0.2, -0.15) is 0 Å². The molecular formula is C14H20ClN3O2. The average Bonchev–Trinajstić information content (AvgIpc) is 2.47. The van der Waals surface area contributed by atoms with E-state index in [0.29, 0.717) is 23.0 Å². The Hall–Kier alpha value is -1.33. The van der Waals surface area contributed by atoms with E-state index in [4.69, 9.17) is 16.3 Å². The zero-order chi connectivity index (χ0) is 14.4. The van der Waals surface area contributed by atoms with Crippen molar-refractivity contribution >= 4 is 23.3 Å². The third-order valence-corrected chi connectivity index (χ3v) is 3.43. The predicted molar refractivity (Wildman–Crippen MR) is 79.3 cm³/mol. The maximum Gasteiger partial charge on any atom is 0.253 e. The van der Waals surface area contributed by atoms with Crippen molar-refractivity contribution in [2.24, 2.45) is 0 Å². The van der Waals surface area contributed by atoms with E-state index in [1.165, 1.54) is 0 Å². The van der Waals surface area contributed by atoms with Crippen molar-refractivity contribution < 1.29 is 9.53 Å². The van der Waals surface area contributed by atoms with Crippen LogP contribution in [0, 0.1) is 0 Å². The number of rotatable bonds is 5. The van der Waals surface area contributed by atoms with Gasteiger partial charge in [-0.1, -0.05) is 18.5 Å². The van der Waals surface area contributed by atoms with Gasteiger partial charge >= 0.3 is 0 Å². The van der Waals surface area contributed by atoms with Crippen LogP contribution in [0.3, 0.4) is 0 Å². The van der Waals surface area contributed by atoms with Crippen LogP contribution in [0.25, 0.3) is 0 Å². The molecule has 0 saturated carbocycles. The molecule has 1 aromatic heterocycles. The second kappa shape index (κ2) is 7.45. The van der Waals surface area contributed by atoms with Crippen molar-refractivity contribution in [3.05, 3.63) is 22.8 Å². The summed E-state index contributed by atoms with van der Waals surface area (Å²) in [6.45, 7) is 4.22. The Labute approximate surface area is 124 Å². The second-order valence-corrected chi connectivity index (χ2v) is 5.28. The summed E-state index contributed by atoms with van der Waals surface area (Å²) < 4.78 is 5.34. The van der Waals surface area contributed by atoms with Crippen LogP contribution in [0.2, 0.25) is 5.02 Å². The van der Waals surface area contributed by atoms with Gasteiger partial charge < -0.3 is 15.4 Å². The first kappa shape index (κ1) is 15.1. The van der Waals surface area contributed by atoms with E-state index in [0.717, 1.165) is 32.4 Å². The zero-order valence-electron chi connectivity index (χ0n) is 11.6. The molecule has 0 aromatic carbocycles. The molecule has 1 aliphatic rings. The molecule has 110 valence electrons. The highest BCUT2D eigenvalue weighted by molar-refractivity contribution is 6.33. The summed E-state index contributed by atoms with van der Waals surface area (Å²) in [7, 11) is 0. The molecular weight excluding hydrogens is 278 g/mol. The molecule has 2 rings (SSSR count). The molecule has 6 heteroatoms. The standard InChI is InChI=1S/C14H20ClN3O2/c1-2-5-16-13-12(15)7-10(8-17-13)14(19)18-11-4-3-6-20-9-11/h7-8,11H,2-6,9H2,1H3,(H,16,17)(H,18,19). The molecule has 1 amide bonds. The SMILES string of the molecule is CCCNc1ncc(C(=O)NC2CCCOC2)cc1Cl. The molecule has 1 fully saturated rings. The smallest absolute Gasteiger partial charge is 0.253 e. The molecule has 1 atom stereocenters. The first-order valence-electron chi connectivity index (χ1n) is 6.98. The molecule has 0 bridgehead atoms. The molecule has 0 aliphatic carbocycles. The van der Waals surface area contributed by atoms with Crippen LogP contribution < -0.4 is 10.6 Å². The number of anilines is 1. The monoisotopic (exact) mass is 297 g/mol. The van der Waals surface area contributed by atoms with Gasteiger partial charge in [-0.05, 0) is 25.3 Å². The van der Waals surface area contributed by atoms with Crippen LogP contribution in [0.5, 0.6) is 0 Å². The van der Waals surface area contributed by atoms with Crippen molar-refractivity contribution in [3.63, 3.8) is 0 Å². The summed E-state index contributed by atoms with van der Waals surface area (Å²) in [5, 5.41) is 6.52. The third-order valence-electron chi connectivity index (χ3n) is 3.14. The Bertz CT molecular complexity index is 462. The van der Waals surface area contributed by atoms with Crippen molar-refractivity contribution in [1.82, 2.24) is 10.3 Å². The van der Waals surface area contributed by atoms with Gasteiger partial charge in [-0.3, -0.25) is 4.79 Å². The van der Waals surface area contributed by atoms with Gasteiger partial charge in [-0.15, -0.1) is 0 Å². The zero-order valence-corrected chi connectivity index (χ0v) is 12.4. The molecule has 1 aromatic rings. The lowest BCUT2D eigenvalue weighted by molar-refractivity contribution is 0.0624. The number of halogens is 1. The summed E-state index contributed by atoms with van der Waals surface area (Å²) in [6.07, 6.45) is 4.46. The number of amides is 1. The highest BCUT2D eigenvalue weighted by atomic mass is 35.5. The van der Waals surface area contributed by atoms with Gasteiger partial charge in [0.05, 0.1) is 23.2 Å². The minimum Gasteiger partial charge on any atom is -0.379 e. The topological polar surface area (TPSA) is 63.2 Å². The van der Waals surface area contributed by atoms with E-state index < -0.39 is 0 Å². The van der Waals surface area contributed by atoms with Crippen molar-refractivity contribution in [2.75, 3.05) is 25.1 Å². The molecule has 2 heterocycles. The van der Waals surface area contributed by atoms with Crippen molar-refractivity contribution in [1.29, 1.82) is 0 Å². The van der Waals surface area contributed by atoms with Crippen LogP contribution in [-0.4, -0.2) is 36.7 Å². The van der Waals surface area contributed by atoms with Crippen molar-refractivity contribution in [3.8, 4) is 0 Å². The lowest BCUT2D eigenvalue weighted by Gasteiger charge is -2.23. The lowest BCUT2D eigenvalue weighted by Crippen LogP contribution is -2.40. The highest BCUT2D eigenvalue weighted by Crippen LogP contribution is 2.20. The Kier molecular flexibility index (Phi) is 5.61. The minimum absolute atomic E-state index is 0.0768. The maximum absolute atomic E-state index is 12.1. The number of pyridine rings is 1. The third kappa shape index (κ3) is 4.08. The van der Waals surface area contributed by atoms with E-state index >= 15 is 0 Å². The molecule has 2 N–H and O–H groups in total. The molecule has 20 heavy (non-hydrogen) atoms. The molecule has 1 saturated heterocycles. The number of carbonyl (C=O) groups excluding carboxylic acids is 1. The number of nitrogens with one attached hydrogen (secondary N) is 2. The molecule has 1 aliphatic heterocycles. The second-order valence-electron chi connectivity index (χ2n) is 4.87. The Morgan fingerprint density at radius 3 is 3.10 bits per heavy atom. The van der Waals surface area contributed by atoms with Crippen LogP contribution in [0.15, 0.2) is 12.3 Å². The van der Waals surface area contributed by atoms with E-state index in [1.807, 2.05) is 0 Å². The number of carbonyl (C=O) groups is 1. The van der Waals surface area contributed by atoms with Crippen LogP contribution in [0.4, 0.5) is 5.82 Å². The average molecular weight is 298 g/mol. The fraction of sp³-hybridized carbons (Fsp3) is 0.571. The van der Waals surface area contributed by atoms with E-state index in [9.17, 15) is 4.79 Å². The lowest BCUT2D eigenvalue weighted by atomic mass is 10.1. The van der Waals surface area contributed by atoms with Crippen molar-refractivity contribution in [2.45, 2.75) is 32.2 Å². The minimum atomic E-state index is -0.156. The normalized spacial score (nSPS) is 18.6. The summed E-state index contributed by atoms with van der Waals surface area (Å²) in [4.78, 5) is 16.3. The number of nitrogens with zero attached hydrogens (tertiary/aromatic N) is 1. The molecule has 0 spiro atoms. The molecule has 0 radical (unpaired) electrons. The largest absolute Gasteiger partial charge is 0.379 e. The quantitative estimate of drug-likeness (QED) is 0.876. The summed E-state index contributed by atoms with van der Waals surface area (Å²) in [5.41, 5.74) is 0.475. The first-order valence-corrected chi connectivity index (χ1v) is 7.36. The Morgan fingerprint density at radius 2 is 2.45 bits per heavy atom. The Balaban J connectivity index is 1.97. The van der Waals surface area contributed by atoms with Gasteiger partial charge in [0.2, 0.25) is 0 Å². The first-order chi connectivity index (χ1) is 9.70. The van der Waals surface area contributed by atoms with Crippen LogP contribution in [-0.2, 0) is 4.74 Å². The fourth-order valence-electron chi connectivity index (χ4n) is 2.06. The maximum atomic E-state index is 12.1. The number of ether oxygens (including phenoxy) is 1. The fourth-order valence-corrected chi connectivity index (χ4v) is 2.29. The van der Waals surface area contributed by atoms with E-state index in [2.05, 4.69) is 22.5 Å². The molecule has 5 nitrogen and oxygen atoms in total. The number of aromatic nitrogens is 1. The van der Waals surface area contributed by atoms with Gasteiger partial charge in [0.15, 0.2) is 0 Å². The summed E-state index contributed by atoms with van der Waals surface area (Å²) in [6, 6.07) is 1.72. The Morgan fingerprint density at radius 1 is 1.60 bits per heavy atom. The van der Waals surface area contributed by atoms with Gasteiger partial charge in [0.25, 0.3) is 5.91 Å².